The minimum absolute atomic E-state index is 0.0962. The van der Waals surface area contributed by atoms with E-state index in [0.717, 1.165) is 62.5 Å². The Morgan fingerprint density at radius 1 is 1.17 bits per heavy atom. The van der Waals surface area contributed by atoms with E-state index in [1.165, 1.54) is 0 Å². The zero-order valence-electron chi connectivity index (χ0n) is 10.9. The van der Waals surface area contributed by atoms with E-state index in [4.69, 9.17) is 0 Å². The van der Waals surface area contributed by atoms with Crippen LogP contribution in [0.1, 0.15) is 12.0 Å². The SMILES string of the molecule is CN1CCN(c2cc(F)c3c(c2)CCCN3)CC1. The van der Waals surface area contributed by atoms with Crippen LogP contribution in [-0.4, -0.2) is 44.7 Å². The first kappa shape index (κ1) is 11.8. The summed E-state index contributed by atoms with van der Waals surface area (Å²) in [4.78, 5) is 4.60. The Kier molecular flexibility index (Phi) is 3.12. The molecule has 2 aliphatic rings. The number of fused-ring (bicyclic) bond motifs is 1. The molecule has 1 aromatic rings. The van der Waals surface area contributed by atoms with Crippen molar-refractivity contribution < 1.29 is 4.39 Å². The molecular formula is C14H20FN3. The minimum atomic E-state index is -0.0962. The van der Waals surface area contributed by atoms with Crippen molar-refractivity contribution in [3.63, 3.8) is 0 Å². The van der Waals surface area contributed by atoms with Crippen LogP contribution in [0.15, 0.2) is 12.1 Å². The monoisotopic (exact) mass is 249 g/mol. The van der Waals surface area contributed by atoms with Crippen LogP contribution in [0, 0.1) is 5.82 Å². The fourth-order valence-electron chi connectivity index (χ4n) is 2.78. The molecule has 0 atom stereocenters. The summed E-state index contributed by atoms with van der Waals surface area (Å²) in [7, 11) is 2.13. The van der Waals surface area contributed by atoms with Crippen LogP contribution in [-0.2, 0) is 6.42 Å². The molecule has 0 spiro atoms. The highest BCUT2D eigenvalue weighted by atomic mass is 19.1. The Hall–Kier alpha value is -1.29. The second-order valence-corrected chi connectivity index (χ2v) is 5.28. The maximum Gasteiger partial charge on any atom is 0.148 e. The fourth-order valence-corrected chi connectivity index (χ4v) is 2.78. The molecule has 2 heterocycles. The Bertz CT molecular complexity index is 439. The van der Waals surface area contributed by atoms with Gasteiger partial charge in [-0.1, -0.05) is 0 Å². The van der Waals surface area contributed by atoms with E-state index in [-0.39, 0.29) is 5.82 Å². The average Bonchev–Trinajstić information content (AvgIpc) is 2.39. The summed E-state index contributed by atoms with van der Waals surface area (Å²) in [6.45, 7) is 4.97. The van der Waals surface area contributed by atoms with E-state index < -0.39 is 0 Å². The summed E-state index contributed by atoms with van der Waals surface area (Å²) in [5.41, 5.74) is 2.90. The molecule has 98 valence electrons. The molecule has 0 amide bonds. The maximum atomic E-state index is 14.1. The van der Waals surface area contributed by atoms with Gasteiger partial charge in [-0.05, 0) is 37.6 Å². The molecule has 0 radical (unpaired) electrons. The smallest absolute Gasteiger partial charge is 0.148 e. The predicted octanol–water partition coefficient (Wildman–Crippen LogP) is 1.94. The largest absolute Gasteiger partial charge is 0.382 e. The van der Waals surface area contributed by atoms with Gasteiger partial charge in [-0.3, -0.25) is 0 Å². The number of hydrogen-bond acceptors (Lipinski definition) is 3. The number of anilines is 2. The topological polar surface area (TPSA) is 18.5 Å². The van der Waals surface area contributed by atoms with Crippen LogP contribution in [0.4, 0.5) is 15.8 Å². The lowest BCUT2D eigenvalue weighted by Gasteiger charge is -2.34. The Labute approximate surface area is 108 Å². The van der Waals surface area contributed by atoms with Gasteiger partial charge in [-0.15, -0.1) is 0 Å². The van der Waals surface area contributed by atoms with Crippen LogP contribution in [0.5, 0.6) is 0 Å². The van der Waals surface area contributed by atoms with Gasteiger partial charge in [0.2, 0.25) is 0 Å². The molecule has 3 nitrogen and oxygen atoms in total. The van der Waals surface area contributed by atoms with Gasteiger partial charge in [-0.2, -0.15) is 0 Å². The standard InChI is InChI=1S/C14H20FN3/c1-17-5-7-18(8-6-17)12-9-11-3-2-4-16-14(11)13(15)10-12/h9-10,16H,2-8H2,1H3. The van der Waals surface area contributed by atoms with Crippen molar-refractivity contribution in [2.45, 2.75) is 12.8 Å². The highest BCUT2D eigenvalue weighted by Crippen LogP contribution is 2.30. The summed E-state index contributed by atoms with van der Waals surface area (Å²) in [5, 5.41) is 3.17. The van der Waals surface area contributed by atoms with Crippen LogP contribution >= 0.6 is 0 Å². The lowest BCUT2D eigenvalue weighted by atomic mass is 10.0. The number of halogens is 1. The Morgan fingerprint density at radius 3 is 2.72 bits per heavy atom. The first-order chi connectivity index (χ1) is 8.74. The summed E-state index contributed by atoms with van der Waals surface area (Å²) < 4.78 is 14.1. The van der Waals surface area contributed by atoms with E-state index in [9.17, 15) is 4.39 Å². The first-order valence-corrected chi connectivity index (χ1v) is 6.74. The third-order valence-corrected chi connectivity index (χ3v) is 3.95. The van der Waals surface area contributed by atoms with Crippen LogP contribution in [0.3, 0.4) is 0 Å². The molecule has 18 heavy (non-hydrogen) atoms. The molecule has 0 aromatic heterocycles. The second kappa shape index (κ2) is 4.76. The molecule has 4 heteroatoms. The van der Waals surface area contributed by atoms with E-state index in [0.29, 0.717) is 0 Å². The first-order valence-electron chi connectivity index (χ1n) is 6.74. The van der Waals surface area contributed by atoms with Gasteiger partial charge < -0.3 is 15.1 Å². The lowest BCUT2D eigenvalue weighted by molar-refractivity contribution is 0.312. The summed E-state index contributed by atoms with van der Waals surface area (Å²) in [6, 6.07) is 3.85. The molecule has 1 aromatic carbocycles. The third-order valence-electron chi connectivity index (χ3n) is 3.95. The zero-order valence-corrected chi connectivity index (χ0v) is 10.9. The number of piperazine rings is 1. The summed E-state index contributed by atoms with van der Waals surface area (Å²) in [6.07, 6.45) is 2.08. The van der Waals surface area contributed by atoms with Gasteiger partial charge in [0, 0.05) is 38.4 Å². The van der Waals surface area contributed by atoms with Gasteiger partial charge in [0.15, 0.2) is 0 Å². The lowest BCUT2D eigenvalue weighted by Crippen LogP contribution is -2.44. The quantitative estimate of drug-likeness (QED) is 0.820. The Balaban J connectivity index is 1.86. The number of likely N-dealkylation sites (N-methyl/N-ethyl adjacent to an activating group) is 1. The third kappa shape index (κ3) is 2.17. The molecule has 1 N–H and O–H groups in total. The van der Waals surface area contributed by atoms with Crippen molar-refractivity contribution in [1.29, 1.82) is 0 Å². The van der Waals surface area contributed by atoms with Crippen molar-refractivity contribution >= 4 is 11.4 Å². The number of nitrogens with zero attached hydrogens (tertiary/aromatic N) is 2. The number of hydrogen-bond donors (Lipinski definition) is 1. The molecule has 0 unspecified atom stereocenters. The van der Waals surface area contributed by atoms with Crippen LogP contribution < -0.4 is 10.2 Å². The van der Waals surface area contributed by atoms with E-state index in [2.05, 4.69) is 28.2 Å². The molecule has 0 bridgehead atoms. The second-order valence-electron chi connectivity index (χ2n) is 5.28. The number of rotatable bonds is 1. The van der Waals surface area contributed by atoms with Crippen molar-refractivity contribution in [2.75, 3.05) is 50.0 Å². The summed E-state index contributed by atoms with van der Waals surface area (Å²) >= 11 is 0. The molecule has 1 saturated heterocycles. The molecule has 1 fully saturated rings. The number of nitrogens with one attached hydrogen (secondary N) is 1. The summed E-state index contributed by atoms with van der Waals surface area (Å²) in [5.74, 6) is -0.0962. The number of benzene rings is 1. The van der Waals surface area contributed by atoms with E-state index in [1.54, 1.807) is 6.07 Å². The number of aryl methyl sites for hydroxylation is 1. The van der Waals surface area contributed by atoms with Gasteiger partial charge >= 0.3 is 0 Å². The van der Waals surface area contributed by atoms with Gasteiger partial charge in [0.05, 0.1) is 5.69 Å². The highest BCUT2D eigenvalue weighted by Gasteiger charge is 2.19. The molecule has 2 aliphatic heterocycles. The molecule has 0 aliphatic carbocycles. The highest BCUT2D eigenvalue weighted by molar-refractivity contribution is 5.63. The normalized spacial score (nSPS) is 20.4. The maximum absolute atomic E-state index is 14.1. The van der Waals surface area contributed by atoms with Gasteiger partial charge in [0.25, 0.3) is 0 Å². The molecule has 3 rings (SSSR count). The van der Waals surface area contributed by atoms with Crippen molar-refractivity contribution in [3.8, 4) is 0 Å². The predicted molar refractivity (Wildman–Crippen MR) is 72.9 cm³/mol. The molecule has 0 saturated carbocycles. The minimum Gasteiger partial charge on any atom is -0.382 e. The van der Waals surface area contributed by atoms with Crippen molar-refractivity contribution in [2.24, 2.45) is 0 Å². The Morgan fingerprint density at radius 2 is 1.94 bits per heavy atom. The van der Waals surface area contributed by atoms with Crippen LogP contribution in [0.25, 0.3) is 0 Å². The van der Waals surface area contributed by atoms with Crippen molar-refractivity contribution in [3.05, 3.63) is 23.5 Å². The average molecular weight is 249 g/mol. The zero-order chi connectivity index (χ0) is 12.5. The van der Waals surface area contributed by atoms with E-state index in [1.807, 2.05) is 0 Å². The van der Waals surface area contributed by atoms with E-state index >= 15 is 0 Å². The molecular weight excluding hydrogens is 229 g/mol. The van der Waals surface area contributed by atoms with Crippen LogP contribution in [0.2, 0.25) is 0 Å². The van der Waals surface area contributed by atoms with Crippen molar-refractivity contribution in [1.82, 2.24) is 4.90 Å². The van der Waals surface area contributed by atoms with Gasteiger partial charge in [0.1, 0.15) is 5.82 Å². The fraction of sp³-hybridized carbons (Fsp3) is 0.571. The van der Waals surface area contributed by atoms with Gasteiger partial charge in [-0.25, -0.2) is 4.39 Å².